The molecule has 0 radical (unpaired) electrons. The number of rotatable bonds is 4. The van der Waals surface area contributed by atoms with Crippen LogP contribution >= 0.6 is 0 Å². The molecule has 1 amide bonds. The number of carbonyl (C=O) groups is 2. The van der Waals surface area contributed by atoms with Gasteiger partial charge in [0.1, 0.15) is 6.04 Å². The molecule has 0 aromatic heterocycles. The molecule has 1 aromatic rings. The normalized spacial score (nSPS) is 11.6. The number of hydrogen-bond donors (Lipinski definition) is 2. The maximum absolute atomic E-state index is 11.0. The van der Waals surface area contributed by atoms with Crippen molar-refractivity contribution in [1.29, 1.82) is 0 Å². The van der Waals surface area contributed by atoms with Crippen molar-refractivity contribution in [2.24, 2.45) is 0 Å². The Morgan fingerprint density at radius 3 is 2.41 bits per heavy atom. The van der Waals surface area contributed by atoms with Gasteiger partial charge in [-0.3, -0.25) is 0 Å². The van der Waals surface area contributed by atoms with E-state index in [1.807, 2.05) is 31.2 Å². The van der Waals surface area contributed by atoms with Crippen molar-refractivity contribution in [1.82, 2.24) is 5.32 Å². The molecule has 5 nitrogen and oxygen atoms in total. The van der Waals surface area contributed by atoms with Crippen molar-refractivity contribution in [3.63, 3.8) is 0 Å². The summed E-state index contributed by atoms with van der Waals surface area (Å²) in [6.45, 7) is 1.95. The molecule has 0 bridgehead atoms. The number of carbonyl (C=O) groups excluding carboxylic acids is 1. The van der Waals surface area contributed by atoms with E-state index in [4.69, 9.17) is 5.11 Å². The Hall–Kier alpha value is -2.04. The van der Waals surface area contributed by atoms with Crippen molar-refractivity contribution in [2.45, 2.75) is 19.4 Å². The van der Waals surface area contributed by atoms with Gasteiger partial charge in [-0.2, -0.15) is 0 Å². The zero-order chi connectivity index (χ0) is 12.8. The van der Waals surface area contributed by atoms with E-state index in [9.17, 15) is 9.59 Å². The Morgan fingerprint density at radius 1 is 1.35 bits per heavy atom. The first kappa shape index (κ1) is 13.0. The lowest BCUT2D eigenvalue weighted by atomic mass is 10.0. The van der Waals surface area contributed by atoms with Crippen molar-refractivity contribution in [3.05, 3.63) is 35.4 Å². The summed E-state index contributed by atoms with van der Waals surface area (Å²) >= 11 is 0. The van der Waals surface area contributed by atoms with Crippen LogP contribution in [-0.4, -0.2) is 30.3 Å². The number of carboxylic acids is 1. The van der Waals surface area contributed by atoms with Crippen molar-refractivity contribution < 1.29 is 19.4 Å². The fraction of sp³-hybridized carbons (Fsp3) is 0.333. The molecule has 0 spiro atoms. The number of aryl methyl sites for hydroxylation is 1. The molecule has 1 rings (SSSR count). The standard InChI is InChI=1S/C12H15NO4/c1-8-3-5-9(6-4-8)7-10(11(14)15)13-12(16)17-2/h3-6,10H,7H2,1-2H3,(H,13,16)(H,14,15). The van der Waals surface area contributed by atoms with Gasteiger partial charge in [0.2, 0.25) is 0 Å². The van der Waals surface area contributed by atoms with E-state index >= 15 is 0 Å². The molecule has 1 unspecified atom stereocenters. The second kappa shape index (κ2) is 5.89. The molecule has 2 N–H and O–H groups in total. The highest BCUT2D eigenvalue weighted by Gasteiger charge is 2.20. The number of aliphatic carboxylic acids is 1. The van der Waals surface area contributed by atoms with E-state index in [2.05, 4.69) is 10.1 Å². The number of amides is 1. The predicted octanol–water partition coefficient (Wildman–Crippen LogP) is 1.35. The number of hydrogen-bond acceptors (Lipinski definition) is 3. The Bertz CT molecular complexity index is 399. The van der Waals surface area contributed by atoms with Crippen LogP contribution in [0.4, 0.5) is 4.79 Å². The van der Waals surface area contributed by atoms with Crippen LogP contribution in [0.3, 0.4) is 0 Å². The second-order valence-corrected chi connectivity index (χ2v) is 3.72. The van der Waals surface area contributed by atoms with Crippen molar-refractivity contribution >= 4 is 12.1 Å². The minimum Gasteiger partial charge on any atom is -0.480 e. The Morgan fingerprint density at radius 2 is 1.94 bits per heavy atom. The lowest BCUT2D eigenvalue weighted by Crippen LogP contribution is -2.42. The van der Waals surface area contributed by atoms with Gasteiger partial charge in [-0.25, -0.2) is 9.59 Å². The molecule has 1 aromatic carbocycles. The van der Waals surface area contributed by atoms with E-state index in [0.29, 0.717) is 0 Å². The summed E-state index contributed by atoms with van der Waals surface area (Å²) in [5, 5.41) is 11.2. The highest BCUT2D eigenvalue weighted by atomic mass is 16.5. The third-order valence-electron chi connectivity index (χ3n) is 2.34. The van der Waals surface area contributed by atoms with Crippen LogP contribution in [0.5, 0.6) is 0 Å². The number of benzene rings is 1. The van der Waals surface area contributed by atoms with E-state index in [0.717, 1.165) is 11.1 Å². The molecule has 0 heterocycles. The molecular formula is C12H15NO4. The van der Waals surface area contributed by atoms with Crippen LogP contribution in [0.2, 0.25) is 0 Å². The molecular weight excluding hydrogens is 222 g/mol. The molecule has 1 atom stereocenters. The summed E-state index contributed by atoms with van der Waals surface area (Å²) in [5.41, 5.74) is 1.95. The van der Waals surface area contributed by atoms with Gasteiger partial charge in [-0.1, -0.05) is 29.8 Å². The minimum absolute atomic E-state index is 0.227. The summed E-state index contributed by atoms with van der Waals surface area (Å²) in [7, 11) is 1.19. The van der Waals surface area contributed by atoms with Gasteiger partial charge in [0.15, 0.2) is 0 Å². The largest absolute Gasteiger partial charge is 0.480 e. The number of carboxylic acid groups (broad SMARTS) is 1. The van der Waals surface area contributed by atoms with Crippen LogP contribution in [-0.2, 0) is 16.0 Å². The maximum Gasteiger partial charge on any atom is 0.407 e. The van der Waals surface area contributed by atoms with Gasteiger partial charge >= 0.3 is 12.1 Å². The number of ether oxygens (including phenoxy) is 1. The minimum atomic E-state index is -1.09. The third kappa shape index (κ3) is 4.14. The Balaban J connectivity index is 2.70. The van der Waals surface area contributed by atoms with E-state index in [-0.39, 0.29) is 6.42 Å². The summed E-state index contributed by atoms with van der Waals surface area (Å²) in [6.07, 6.45) is -0.519. The summed E-state index contributed by atoms with van der Waals surface area (Å²) in [4.78, 5) is 21.9. The van der Waals surface area contributed by atoms with Crippen LogP contribution in [0.1, 0.15) is 11.1 Å². The Labute approximate surface area is 99.4 Å². The summed E-state index contributed by atoms with van der Waals surface area (Å²) in [5.74, 6) is -1.09. The van der Waals surface area contributed by atoms with E-state index < -0.39 is 18.1 Å². The van der Waals surface area contributed by atoms with Crippen molar-refractivity contribution in [2.75, 3.05) is 7.11 Å². The lowest BCUT2D eigenvalue weighted by molar-refractivity contribution is -0.139. The van der Waals surface area contributed by atoms with Crippen LogP contribution in [0, 0.1) is 6.92 Å². The first-order valence-corrected chi connectivity index (χ1v) is 5.15. The first-order chi connectivity index (χ1) is 8.02. The van der Waals surface area contributed by atoms with Crippen LogP contribution in [0.25, 0.3) is 0 Å². The SMILES string of the molecule is COC(=O)NC(Cc1ccc(C)cc1)C(=O)O. The van der Waals surface area contributed by atoms with Gasteiger partial charge in [0.25, 0.3) is 0 Å². The molecule has 0 saturated carbocycles. The lowest BCUT2D eigenvalue weighted by Gasteiger charge is -2.13. The zero-order valence-corrected chi connectivity index (χ0v) is 9.77. The van der Waals surface area contributed by atoms with Gasteiger partial charge in [0.05, 0.1) is 7.11 Å². The average Bonchev–Trinajstić information content (AvgIpc) is 2.30. The molecule has 17 heavy (non-hydrogen) atoms. The molecule has 0 aliphatic rings. The monoisotopic (exact) mass is 237 g/mol. The number of methoxy groups -OCH3 is 1. The van der Waals surface area contributed by atoms with Gasteiger partial charge in [-0.15, -0.1) is 0 Å². The fourth-order valence-electron chi connectivity index (χ4n) is 1.36. The van der Waals surface area contributed by atoms with E-state index in [1.54, 1.807) is 0 Å². The molecule has 0 aliphatic carbocycles. The molecule has 0 aliphatic heterocycles. The maximum atomic E-state index is 11.0. The Kier molecular flexibility index (Phi) is 4.51. The average molecular weight is 237 g/mol. The van der Waals surface area contributed by atoms with Gasteiger partial charge in [-0.05, 0) is 12.5 Å². The highest BCUT2D eigenvalue weighted by molar-refractivity contribution is 5.80. The summed E-state index contributed by atoms with van der Waals surface area (Å²) < 4.78 is 4.37. The molecule has 5 heteroatoms. The third-order valence-corrected chi connectivity index (χ3v) is 2.34. The highest BCUT2D eigenvalue weighted by Crippen LogP contribution is 2.06. The first-order valence-electron chi connectivity index (χ1n) is 5.15. The quantitative estimate of drug-likeness (QED) is 0.828. The smallest absolute Gasteiger partial charge is 0.407 e. The van der Waals surface area contributed by atoms with Crippen molar-refractivity contribution in [3.8, 4) is 0 Å². The second-order valence-electron chi connectivity index (χ2n) is 3.72. The fourth-order valence-corrected chi connectivity index (χ4v) is 1.36. The predicted molar refractivity (Wildman–Crippen MR) is 61.8 cm³/mol. The van der Waals surface area contributed by atoms with Crippen LogP contribution in [0.15, 0.2) is 24.3 Å². The molecule has 92 valence electrons. The number of nitrogens with one attached hydrogen (secondary N) is 1. The van der Waals surface area contributed by atoms with E-state index in [1.165, 1.54) is 7.11 Å². The molecule has 0 fully saturated rings. The zero-order valence-electron chi connectivity index (χ0n) is 9.77. The van der Waals surface area contributed by atoms with Gasteiger partial charge in [0, 0.05) is 6.42 Å². The number of alkyl carbamates (subject to hydrolysis) is 1. The molecule has 0 saturated heterocycles. The summed E-state index contributed by atoms with van der Waals surface area (Å²) in [6, 6.07) is 6.48. The van der Waals surface area contributed by atoms with Crippen LogP contribution < -0.4 is 5.32 Å². The van der Waals surface area contributed by atoms with Gasteiger partial charge < -0.3 is 15.2 Å². The topological polar surface area (TPSA) is 75.6 Å².